The van der Waals surface area contributed by atoms with Gasteiger partial charge in [0.25, 0.3) is 0 Å². The molecule has 0 saturated carbocycles. The van der Waals surface area contributed by atoms with Crippen molar-refractivity contribution in [3.63, 3.8) is 0 Å². The van der Waals surface area contributed by atoms with Crippen LogP contribution in [0.3, 0.4) is 0 Å². The number of halogens is 2. The SMILES string of the molecule is CC(=O)c1ccc(-c2cc(F)cc3c2OC(CNC(=O)Cc2ccccc2F)C3)s1. The quantitative estimate of drug-likeness (QED) is 0.587. The summed E-state index contributed by atoms with van der Waals surface area (Å²) in [7, 11) is 0. The van der Waals surface area contributed by atoms with E-state index in [0.717, 1.165) is 10.4 Å². The zero-order chi connectivity index (χ0) is 21.3. The predicted octanol–water partition coefficient (Wildman–Crippen LogP) is 4.56. The first-order chi connectivity index (χ1) is 14.4. The molecule has 0 saturated heterocycles. The maximum atomic E-state index is 14.2. The summed E-state index contributed by atoms with van der Waals surface area (Å²) in [5, 5.41) is 2.76. The third-order valence-electron chi connectivity index (χ3n) is 4.92. The number of carbonyl (C=O) groups is 2. The van der Waals surface area contributed by atoms with Crippen molar-refractivity contribution < 1.29 is 23.1 Å². The average molecular weight is 427 g/mol. The molecule has 154 valence electrons. The molecule has 4 nitrogen and oxygen atoms in total. The lowest BCUT2D eigenvalue weighted by atomic mass is 10.0. The minimum atomic E-state index is -0.418. The van der Waals surface area contributed by atoms with E-state index in [1.54, 1.807) is 30.3 Å². The predicted molar refractivity (Wildman–Crippen MR) is 111 cm³/mol. The van der Waals surface area contributed by atoms with Crippen molar-refractivity contribution in [1.29, 1.82) is 0 Å². The van der Waals surface area contributed by atoms with E-state index in [0.29, 0.717) is 28.2 Å². The summed E-state index contributed by atoms with van der Waals surface area (Å²) in [6.45, 7) is 1.72. The van der Waals surface area contributed by atoms with Crippen LogP contribution in [0.5, 0.6) is 5.75 Å². The molecule has 4 rings (SSSR count). The Labute approximate surface area is 176 Å². The lowest BCUT2D eigenvalue weighted by molar-refractivity contribution is -0.120. The van der Waals surface area contributed by atoms with Crippen LogP contribution in [-0.4, -0.2) is 24.3 Å². The van der Waals surface area contributed by atoms with Crippen LogP contribution >= 0.6 is 11.3 Å². The molecule has 0 spiro atoms. The van der Waals surface area contributed by atoms with Crippen LogP contribution in [0.25, 0.3) is 10.4 Å². The van der Waals surface area contributed by atoms with Gasteiger partial charge in [0.1, 0.15) is 23.5 Å². The molecule has 1 atom stereocenters. The Hall–Kier alpha value is -3.06. The summed E-state index contributed by atoms with van der Waals surface area (Å²) in [6.07, 6.45) is 0.0395. The fourth-order valence-corrected chi connectivity index (χ4v) is 4.38. The van der Waals surface area contributed by atoms with Crippen molar-refractivity contribution in [1.82, 2.24) is 5.32 Å². The molecule has 1 aromatic heterocycles. The van der Waals surface area contributed by atoms with Gasteiger partial charge in [-0.1, -0.05) is 18.2 Å². The van der Waals surface area contributed by atoms with Gasteiger partial charge in [-0.2, -0.15) is 0 Å². The standard InChI is InChI=1S/C23H19F2NO3S/c1-13(27)20-6-7-21(30-20)18-11-16(24)8-15-9-17(29-23(15)18)12-26-22(28)10-14-4-2-3-5-19(14)25/h2-8,11,17H,9-10,12H2,1H3,(H,26,28). The maximum absolute atomic E-state index is 14.2. The number of benzene rings is 2. The number of hydrogen-bond acceptors (Lipinski definition) is 4. The van der Waals surface area contributed by atoms with Gasteiger partial charge in [0, 0.05) is 22.4 Å². The van der Waals surface area contributed by atoms with Crippen LogP contribution in [0.2, 0.25) is 0 Å². The van der Waals surface area contributed by atoms with Gasteiger partial charge >= 0.3 is 0 Å². The lowest BCUT2D eigenvalue weighted by Gasteiger charge is -2.13. The van der Waals surface area contributed by atoms with Crippen LogP contribution < -0.4 is 10.1 Å². The molecule has 2 aromatic carbocycles. The second-order valence-electron chi connectivity index (χ2n) is 7.18. The molecule has 1 amide bonds. The molecule has 2 heterocycles. The first-order valence-electron chi connectivity index (χ1n) is 9.51. The van der Waals surface area contributed by atoms with Gasteiger partial charge < -0.3 is 10.1 Å². The number of nitrogens with one attached hydrogen (secondary N) is 1. The van der Waals surface area contributed by atoms with E-state index in [1.165, 1.54) is 36.5 Å². The molecule has 1 aliphatic rings. The summed E-state index contributed by atoms with van der Waals surface area (Å²) >= 11 is 1.29. The van der Waals surface area contributed by atoms with Gasteiger partial charge in [0.15, 0.2) is 5.78 Å². The second kappa shape index (κ2) is 8.36. The Bertz CT molecular complexity index is 1130. The van der Waals surface area contributed by atoms with Gasteiger partial charge in [-0.25, -0.2) is 8.78 Å². The Kier molecular flexibility index (Phi) is 5.63. The van der Waals surface area contributed by atoms with Crippen LogP contribution in [0.1, 0.15) is 27.7 Å². The molecule has 0 bridgehead atoms. The Morgan fingerprint density at radius 1 is 1.17 bits per heavy atom. The average Bonchev–Trinajstić information content (AvgIpc) is 3.34. The van der Waals surface area contributed by atoms with Gasteiger partial charge in [-0.3, -0.25) is 9.59 Å². The molecule has 7 heteroatoms. The molecular formula is C23H19F2NO3S. The van der Waals surface area contributed by atoms with Crippen LogP contribution in [0, 0.1) is 11.6 Å². The highest BCUT2D eigenvalue weighted by atomic mass is 32.1. The number of fused-ring (bicyclic) bond motifs is 1. The minimum Gasteiger partial charge on any atom is -0.487 e. The zero-order valence-corrected chi connectivity index (χ0v) is 17.0. The topological polar surface area (TPSA) is 55.4 Å². The molecule has 3 aromatic rings. The Balaban J connectivity index is 1.44. The summed E-state index contributed by atoms with van der Waals surface area (Å²) in [5.74, 6) is -0.583. The number of ether oxygens (including phenoxy) is 1. The molecule has 1 aliphatic heterocycles. The van der Waals surface area contributed by atoms with Gasteiger partial charge in [-0.05, 0) is 42.8 Å². The molecular weight excluding hydrogens is 408 g/mol. The monoisotopic (exact) mass is 427 g/mol. The number of rotatable bonds is 6. The third-order valence-corrected chi connectivity index (χ3v) is 6.14. The number of carbonyl (C=O) groups excluding carboxylic acids is 2. The van der Waals surface area contributed by atoms with Crippen molar-refractivity contribution in [2.45, 2.75) is 25.9 Å². The van der Waals surface area contributed by atoms with Crippen molar-refractivity contribution in [3.8, 4) is 16.2 Å². The number of hydrogen-bond donors (Lipinski definition) is 1. The fraction of sp³-hybridized carbons (Fsp3) is 0.217. The van der Waals surface area contributed by atoms with E-state index in [-0.39, 0.29) is 36.6 Å². The zero-order valence-electron chi connectivity index (χ0n) is 16.2. The van der Waals surface area contributed by atoms with Crippen molar-refractivity contribution in [2.75, 3.05) is 6.54 Å². The van der Waals surface area contributed by atoms with Crippen LogP contribution in [-0.2, 0) is 17.6 Å². The minimum absolute atomic E-state index is 0.0457. The van der Waals surface area contributed by atoms with Crippen molar-refractivity contribution >= 4 is 23.0 Å². The summed E-state index contributed by atoms with van der Waals surface area (Å²) < 4.78 is 33.9. The smallest absolute Gasteiger partial charge is 0.224 e. The summed E-state index contributed by atoms with van der Waals surface area (Å²) in [4.78, 5) is 25.1. The van der Waals surface area contributed by atoms with Crippen LogP contribution in [0.15, 0.2) is 48.5 Å². The summed E-state index contributed by atoms with van der Waals surface area (Å²) in [5.41, 5.74) is 1.65. The molecule has 1 N–H and O–H groups in total. The van der Waals surface area contributed by atoms with Gasteiger partial charge in [0.2, 0.25) is 5.91 Å². The normalized spacial score (nSPS) is 14.8. The molecule has 0 radical (unpaired) electrons. The Morgan fingerprint density at radius 2 is 1.97 bits per heavy atom. The number of Topliss-reactive ketones (excluding diaryl/α,β-unsaturated/α-hetero) is 1. The maximum Gasteiger partial charge on any atom is 0.224 e. The lowest BCUT2D eigenvalue weighted by Crippen LogP contribution is -2.35. The van der Waals surface area contributed by atoms with Gasteiger partial charge in [0.05, 0.1) is 17.8 Å². The number of amides is 1. The van der Waals surface area contributed by atoms with Gasteiger partial charge in [-0.15, -0.1) is 11.3 Å². The summed E-state index contributed by atoms with van der Waals surface area (Å²) in [6, 6.07) is 12.5. The van der Waals surface area contributed by atoms with Crippen LogP contribution in [0.4, 0.5) is 8.78 Å². The molecule has 0 aliphatic carbocycles. The van der Waals surface area contributed by atoms with E-state index < -0.39 is 5.82 Å². The van der Waals surface area contributed by atoms with E-state index in [2.05, 4.69) is 5.32 Å². The molecule has 0 fully saturated rings. The molecule has 1 unspecified atom stereocenters. The Morgan fingerprint density at radius 3 is 2.70 bits per heavy atom. The number of thiophene rings is 1. The second-order valence-corrected chi connectivity index (χ2v) is 8.26. The highest BCUT2D eigenvalue weighted by Crippen LogP contribution is 2.42. The first-order valence-corrected chi connectivity index (χ1v) is 10.3. The van der Waals surface area contributed by atoms with E-state index >= 15 is 0 Å². The van der Waals surface area contributed by atoms with E-state index in [4.69, 9.17) is 4.74 Å². The molecule has 30 heavy (non-hydrogen) atoms. The van der Waals surface area contributed by atoms with E-state index in [1.807, 2.05) is 0 Å². The number of ketones is 1. The van der Waals surface area contributed by atoms with Crippen molar-refractivity contribution in [2.24, 2.45) is 0 Å². The fourth-order valence-electron chi connectivity index (χ4n) is 3.47. The first kappa shape index (κ1) is 20.2. The third kappa shape index (κ3) is 4.26. The van der Waals surface area contributed by atoms with Crippen molar-refractivity contribution in [3.05, 3.63) is 76.2 Å². The highest BCUT2D eigenvalue weighted by molar-refractivity contribution is 7.17. The van der Waals surface area contributed by atoms with E-state index in [9.17, 15) is 18.4 Å². The highest BCUT2D eigenvalue weighted by Gasteiger charge is 2.28. The largest absolute Gasteiger partial charge is 0.487 e.